The van der Waals surface area contributed by atoms with Crippen molar-refractivity contribution in [3.8, 4) is 17.0 Å². The molecular weight excluding hydrogens is 438 g/mol. The van der Waals surface area contributed by atoms with E-state index >= 15 is 0 Å². The van der Waals surface area contributed by atoms with Crippen LogP contribution in [0.3, 0.4) is 0 Å². The van der Waals surface area contributed by atoms with Crippen LogP contribution in [0.5, 0.6) is 5.75 Å². The summed E-state index contributed by atoms with van der Waals surface area (Å²) in [4.78, 5) is 12.9. The van der Waals surface area contributed by atoms with Crippen LogP contribution in [0, 0.1) is 6.92 Å². The Labute approximate surface area is 197 Å². The Kier molecular flexibility index (Phi) is 5.68. The standard InChI is InChI=1S/C26H24ClN3O3/c1-16-23-22(33-25(16)26(31)28-13-17-5-4-8-21(12-17)32-2)10-9-19-15-30(29-24(19)23)14-18-6-3-7-20(27)11-18/h3-8,11-12,15H,9-10,13-14H2,1-2H3,(H,28,31). The number of carbonyl (C=O) groups is 1. The number of nitrogens with zero attached hydrogens (tertiary/aromatic N) is 2. The minimum absolute atomic E-state index is 0.232. The van der Waals surface area contributed by atoms with E-state index in [-0.39, 0.29) is 5.91 Å². The number of aromatic nitrogens is 2. The molecule has 33 heavy (non-hydrogen) atoms. The highest BCUT2D eigenvalue weighted by Crippen LogP contribution is 2.38. The van der Waals surface area contributed by atoms with Crippen molar-refractivity contribution < 1.29 is 13.9 Å². The van der Waals surface area contributed by atoms with Crippen LogP contribution in [0.15, 0.2) is 59.1 Å². The maximum Gasteiger partial charge on any atom is 0.287 e. The summed E-state index contributed by atoms with van der Waals surface area (Å²) >= 11 is 6.13. The Morgan fingerprint density at radius 3 is 2.82 bits per heavy atom. The van der Waals surface area contributed by atoms with E-state index in [1.165, 1.54) is 0 Å². The predicted molar refractivity (Wildman–Crippen MR) is 127 cm³/mol. The van der Waals surface area contributed by atoms with Crippen molar-refractivity contribution >= 4 is 17.5 Å². The Hall–Kier alpha value is -3.51. The Morgan fingerprint density at radius 1 is 1.18 bits per heavy atom. The van der Waals surface area contributed by atoms with Gasteiger partial charge < -0.3 is 14.5 Å². The van der Waals surface area contributed by atoms with Crippen LogP contribution < -0.4 is 10.1 Å². The van der Waals surface area contributed by atoms with Gasteiger partial charge in [-0.15, -0.1) is 0 Å². The first-order chi connectivity index (χ1) is 16.0. The van der Waals surface area contributed by atoms with Gasteiger partial charge >= 0.3 is 0 Å². The van der Waals surface area contributed by atoms with E-state index in [0.29, 0.717) is 23.9 Å². The highest BCUT2D eigenvalue weighted by atomic mass is 35.5. The number of halogens is 1. The van der Waals surface area contributed by atoms with E-state index in [1.54, 1.807) is 7.11 Å². The molecule has 1 aliphatic rings. The number of rotatable bonds is 6. The van der Waals surface area contributed by atoms with Gasteiger partial charge in [0.15, 0.2) is 5.76 Å². The molecule has 2 aromatic heterocycles. The Balaban J connectivity index is 1.37. The van der Waals surface area contributed by atoms with Gasteiger partial charge in [0.25, 0.3) is 5.91 Å². The number of nitrogens with one attached hydrogen (secondary N) is 1. The van der Waals surface area contributed by atoms with Gasteiger partial charge in [0, 0.05) is 35.3 Å². The average molecular weight is 462 g/mol. The van der Waals surface area contributed by atoms with Crippen LogP contribution in [0.25, 0.3) is 11.3 Å². The monoisotopic (exact) mass is 461 g/mol. The number of hydrogen-bond donors (Lipinski definition) is 1. The van der Waals surface area contributed by atoms with E-state index < -0.39 is 0 Å². The average Bonchev–Trinajstić information content (AvgIpc) is 3.37. The predicted octanol–water partition coefficient (Wildman–Crippen LogP) is 5.19. The van der Waals surface area contributed by atoms with E-state index in [1.807, 2.05) is 60.1 Å². The lowest BCUT2D eigenvalue weighted by Gasteiger charge is -2.09. The van der Waals surface area contributed by atoms with Crippen molar-refractivity contribution in [2.24, 2.45) is 0 Å². The van der Waals surface area contributed by atoms with Gasteiger partial charge in [0.1, 0.15) is 11.5 Å². The first-order valence-corrected chi connectivity index (χ1v) is 11.2. The van der Waals surface area contributed by atoms with Crippen LogP contribution >= 0.6 is 11.6 Å². The van der Waals surface area contributed by atoms with Gasteiger partial charge in [-0.25, -0.2) is 0 Å². The molecule has 168 valence electrons. The SMILES string of the molecule is COc1cccc(CNC(=O)c2oc3c(c2C)-c2nn(Cc4cccc(Cl)c4)cc2CC3)c1. The summed E-state index contributed by atoms with van der Waals surface area (Å²) in [5.41, 5.74) is 5.86. The summed E-state index contributed by atoms with van der Waals surface area (Å²) in [5, 5.41) is 8.50. The number of hydrogen-bond acceptors (Lipinski definition) is 4. The maximum atomic E-state index is 12.9. The van der Waals surface area contributed by atoms with E-state index in [4.69, 9.17) is 25.9 Å². The smallest absolute Gasteiger partial charge is 0.287 e. The Bertz CT molecular complexity index is 1340. The molecule has 4 aromatic rings. The third-order valence-corrected chi connectivity index (χ3v) is 6.18. The highest BCUT2D eigenvalue weighted by molar-refractivity contribution is 6.30. The van der Waals surface area contributed by atoms with Gasteiger partial charge in [0.05, 0.1) is 19.3 Å². The molecule has 0 unspecified atom stereocenters. The van der Waals surface area contributed by atoms with Gasteiger partial charge in [-0.05, 0) is 54.3 Å². The molecule has 0 aliphatic heterocycles. The summed E-state index contributed by atoms with van der Waals surface area (Å²) in [6, 6.07) is 15.4. The molecular formula is C26H24ClN3O3. The van der Waals surface area contributed by atoms with Crippen LogP contribution in [0.2, 0.25) is 5.02 Å². The maximum absolute atomic E-state index is 12.9. The number of carbonyl (C=O) groups excluding carboxylic acids is 1. The molecule has 6 nitrogen and oxygen atoms in total. The molecule has 1 N–H and O–H groups in total. The van der Waals surface area contributed by atoms with Gasteiger partial charge in [-0.2, -0.15) is 5.10 Å². The lowest BCUT2D eigenvalue weighted by atomic mass is 9.93. The molecule has 2 aromatic carbocycles. The molecule has 0 fully saturated rings. The van der Waals surface area contributed by atoms with Crippen LogP contribution in [0.4, 0.5) is 0 Å². The van der Waals surface area contributed by atoms with Crippen molar-refractivity contribution in [3.63, 3.8) is 0 Å². The molecule has 0 radical (unpaired) electrons. The second-order valence-corrected chi connectivity index (χ2v) is 8.66. The molecule has 7 heteroatoms. The van der Waals surface area contributed by atoms with Crippen molar-refractivity contribution in [2.75, 3.05) is 7.11 Å². The molecule has 2 heterocycles. The minimum Gasteiger partial charge on any atom is -0.497 e. The molecule has 0 atom stereocenters. The van der Waals surface area contributed by atoms with Crippen molar-refractivity contribution in [2.45, 2.75) is 32.9 Å². The van der Waals surface area contributed by atoms with Crippen LogP contribution in [0.1, 0.15) is 38.6 Å². The largest absolute Gasteiger partial charge is 0.497 e. The topological polar surface area (TPSA) is 69.3 Å². The molecule has 0 spiro atoms. The molecule has 5 rings (SSSR count). The first-order valence-electron chi connectivity index (χ1n) is 10.9. The normalized spacial score (nSPS) is 12.2. The van der Waals surface area contributed by atoms with E-state index in [2.05, 4.69) is 11.5 Å². The second kappa shape index (κ2) is 8.79. The number of methoxy groups -OCH3 is 1. The lowest BCUT2D eigenvalue weighted by molar-refractivity contribution is 0.0920. The molecule has 0 bridgehead atoms. The fourth-order valence-corrected chi connectivity index (χ4v) is 4.54. The minimum atomic E-state index is -0.232. The number of furan rings is 1. The summed E-state index contributed by atoms with van der Waals surface area (Å²) in [7, 11) is 1.62. The van der Waals surface area contributed by atoms with Crippen LogP contribution in [-0.2, 0) is 25.9 Å². The fraction of sp³-hybridized carbons (Fsp3) is 0.231. The number of amides is 1. The highest BCUT2D eigenvalue weighted by Gasteiger charge is 2.29. The quantitative estimate of drug-likeness (QED) is 0.429. The van der Waals surface area contributed by atoms with Crippen LogP contribution in [-0.4, -0.2) is 22.8 Å². The first kappa shape index (κ1) is 21.3. The third-order valence-electron chi connectivity index (χ3n) is 5.94. The summed E-state index contributed by atoms with van der Waals surface area (Å²) in [5.74, 6) is 1.69. The summed E-state index contributed by atoms with van der Waals surface area (Å²) < 4.78 is 13.2. The molecule has 1 aliphatic carbocycles. The van der Waals surface area contributed by atoms with Crippen molar-refractivity contribution in [3.05, 3.63) is 93.5 Å². The molecule has 1 amide bonds. The number of benzene rings is 2. The zero-order valence-electron chi connectivity index (χ0n) is 18.5. The van der Waals surface area contributed by atoms with Gasteiger partial charge in [-0.3, -0.25) is 9.48 Å². The Morgan fingerprint density at radius 2 is 2.00 bits per heavy atom. The van der Waals surface area contributed by atoms with Gasteiger partial charge in [0.2, 0.25) is 0 Å². The summed E-state index contributed by atoms with van der Waals surface area (Å²) in [6.45, 7) is 2.95. The number of fused-ring (bicyclic) bond motifs is 3. The lowest BCUT2D eigenvalue weighted by Crippen LogP contribution is -2.23. The van der Waals surface area contributed by atoms with Crippen molar-refractivity contribution in [1.29, 1.82) is 0 Å². The third kappa shape index (κ3) is 4.26. The zero-order chi connectivity index (χ0) is 22.9. The van der Waals surface area contributed by atoms with Gasteiger partial charge in [-0.1, -0.05) is 35.9 Å². The molecule has 0 saturated heterocycles. The molecule has 0 saturated carbocycles. The zero-order valence-corrected chi connectivity index (χ0v) is 19.3. The van der Waals surface area contributed by atoms with Crippen molar-refractivity contribution in [1.82, 2.24) is 15.1 Å². The second-order valence-electron chi connectivity index (χ2n) is 8.22. The number of aryl methyl sites for hydroxylation is 2. The van der Waals surface area contributed by atoms with E-state index in [9.17, 15) is 4.79 Å². The van der Waals surface area contributed by atoms with E-state index in [0.717, 1.165) is 57.9 Å². The number of ether oxygens (including phenoxy) is 1. The summed E-state index contributed by atoms with van der Waals surface area (Å²) in [6.07, 6.45) is 3.65. The fourth-order valence-electron chi connectivity index (χ4n) is 4.33.